The summed E-state index contributed by atoms with van der Waals surface area (Å²) >= 11 is 5.35. The molecule has 3 aliphatic rings. The van der Waals surface area contributed by atoms with E-state index in [1.165, 1.54) is 10.1 Å². The highest BCUT2D eigenvalue weighted by Crippen LogP contribution is 2.33. The van der Waals surface area contributed by atoms with Gasteiger partial charge in [-0.3, -0.25) is 14.5 Å². The molecule has 3 aliphatic heterocycles. The first-order valence-corrected chi connectivity index (χ1v) is 12.2. The fourth-order valence-electron chi connectivity index (χ4n) is 4.94. The Balaban J connectivity index is 1.03. The summed E-state index contributed by atoms with van der Waals surface area (Å²) in [5, 5.41) is 4.14. The van der Waals surface area contributed by atoms with Crippen LogP contribution in [-0.4, -0.2) is 70.2 Å². The lowest BCUT2D eigenvalue weighted by atomic mass is 10.1. The molecule has 1 saturated heterocycles. The van der Waals surface area contributed by atoms with Crippen molar-refractivity contribution in [2.24, 2.45) is 0 Å². The molecule has 1 aromatic heterocycles. The Kier molecular flexibility index (Phi) is 5.62. The van der Waals surface area contributed by atoms with Crippen molar-refractivity contribution in [1.82, 2.24) is 19.4 Å². The van der Waals surface area contributed by atoms with E-state index < -0.39 is 6.04 Å². The molecule has 0 saturated carbocycles. The Hall–Kier alpha value is -3.50. The Morgan fingerprint density at radius 1 is 1.09 bits per heavy atom. The summed E-state index contributed by atoms with van der Waals surface area (Å²) in [6, 6.07) is 13.1. The highest BCUT2D eigenvalue weighted by Gasteiger charge is 2.33. The summed E-state index contributed by atoms with van der Waals surface area (Å²) in [4.78, 5) is 34.5. The van der Waals surface area contributed by atoms with Gasteiger partial charge < -0.3 is 19.7 Å². The third-order valence-corrected chi connectivity index (χ3v) is 7.11. The molecule has 0 bridgehead atoms. The molecular formula is C25H25N5O4S. The predicted molar refractivity (Wildman–Crippen MR) is 132 cm³/mol. The third-order valence-electron chi connectivity index (χ3n) is 6.83. The first-order valence-electron chi connectivity index (χ1n) is 11.8. The van der Waals surface area contributed by atoms with Gasteiger partial charge in [-0.2, -0.15) is 0 Å². The van der Waals surface area contributed by atoms with Crippen molar-refractivity contribution in [3.63, 3.8) is 0 Å². The number of aromatic nitrogens is 2. The summed E-state index contributed by atoms with van der Waals surface area (Å²) < 4.78 is 12.5. The first kappa shape index (κ1) is 22.0. The van der Waals surface area contributed by atoms with E-state index in [4.69, 9.17) is 21.7 Å². The van der Waals surface area contributed by atoms with Gasteiger partial charge in [-0.1, -0.05) is 18.2 Å². The van der Waals surface area contributed by atoms with Crippen LogP contribution in [0.3, 0.4) is 0 Å². The van der Waals surface area contributed by atoms with Crippen molar-refractivity contribution < 1.29 is 19.1 Å². The van der Waals surface area contributed by atoms with Gasteiger partial charge in [0.1, 0.15) is 11.9 Å². The number of rotatable bonds is 5. The van der Waals surface area contributed by atoms with Crippen LogP contribution in [0.5, 0.6) is 11.5 Å². The second-order valence-electron chi connectivity index (χ2n) is 9.01. The highest BCUT2D eigenvalue weighted by atomic mass is 32.1. The van der Waals surface area contributed by atoms with Gasteiger partial charge >= 0.3 is 0 Å². The summed E-state index contributed by atoms with van der Waals surface area (Å²) in [5.41, 5.74) is 1.92. The summed E-state index contributed by atoms with van der Waals surface area (Å²) in [6.45, 7) is 4.04. The summed E-state index contributed by atoms with van der Waals surface area (Å²) in [5.74, 6) is 2.17. The van der Waals surface area contributed by atoms with E-state index in [1.807, 2.05) is 41.3 Å². The zero-order valence-corrected chi connectivity index (χ0v) is 19.9. The standard InChI is InChI=1S/C25H25N5O4S/c31-22(29-11-9-28(10-12-29)14-16-5-7-20-21(13-16)34-15-33-20)8-6-19-24(32)30-23(26-19)17-3-1-2-4-18(17)27-25(30)35/h1-5,7,13,19,26H,6,8-12,14-15H2/t19-/m1/s1. The maximum atomic E-state index is 13.0. The minimum atomic E-state index is -0.486. The molecule has 10 heteroatoms. The smallest absolute Gasteiger partial charge is 0.257 e. The largest absolute Gasteiger partial charge is 0.454 e. The first-order chi connectivity index (χ1) is 17.1. The van der Waals surface area contributed by atoms with Crippen molar-refractivity contribution in [2.45, 2.75) is 25.4 Å². The molecule has 0 radical (unpaired) electrons. The second kappa shape index (κ2) is 8.94. The van der Waals surface area contributed by atoms with E-state index >= 15 is 0 Å². The van der Waals surface area contributed by atoms with Crippen molar-refractivity contribution >= 4 is 40.8 Å². The molecular weight excluding hydrogens is 466 g/mol. The predicted octanol–water partition coefficient (Wildman–Crippen LogP) is 3.05. The van der Waals surface area contributed by atoms with E-state index in [1.54, 1.807) is 0 Å². The molecule has 2 aromatic carbocycles. The number of para-hydroxylation sites is 1. The maximum Gasteiger partial charge on any atom is 0.257 e. The molecule has 4 heterocycles. The lowest BCUT2D eigenvalue weighted by Gasteiger charge is -2.35. The fraction of sp³-hybridized carbons (Fsp3) is 0.360. The van der Waals surface area contributed by atoms with Gasteiger partial charge in [0.25, 0.3) is 5.91 Å². The Morgan fingerprint density at radius 3 is 2.74 bits per heavy atom. The maximum absolute atomic E-state index is 13.0. The van der Waals surface area contributed by atoms with Crippen LogP contribution in [0.4, 0.5) is 5.82 Å². The molecule has 0 unspecified atom stereocenters. The number of nitrogens with one attached hydrogen (secondary N) is 1. The zero-order chi connectivity index (χ0) is 23.9. The molecule has 0 spiro atoms. The van der Waals surface area contributed by atoms with Crippen molar-refractivity contribution in [2.75, 3.05) is 38.3 Å². The van der Waals surface area contributed by atoms with E-state index in [9.17, 15) is 9.59 Å². The number of benzene rings is 2. The van der Waals surface area contributed by atoms with Gasteiger partial charge in [-0.25, -0.2) is 9.55 Å². The van der Waals surface area contributed by atoms with Gasteiger partial charge in [-0.15, -0.1) is 0 Å². The summed E-state index contributed by atoms with van der Waals surface area (Å²) in [6.07, 6.45) is 0.720. The molecule has 1 atom stereocenters. The number of anilines is 1. The lowest BCUT2D eigenvalue weighted by Crippen LogP contribution is -2.48. The molecule has 1 N–H and O–H groups in total. The minimum Gasteiger partial charge on any atom is -0.454 e. The van der Waals surface area contributed by atoms with Crippen LogP contribution in [0, 0.1) is 4.77 Å². The molecule has 1 fully saturated rings. The number of hydrogen-bond acceptors (Lipinski definition) is 8. The molecule has 0 aliphatic carbocycles. The topological polar surface area (TPSA) is 88.9 Å². The Morgan fingerprint density at radius 2 is 1.89 bits per heavy atom. The van der Waals surface area contributed by atoms with Gasteiger partial charge in [0, 0.05) is 44.5 Å². The van der Waals surface area contributed by atoms with Crippen LogP contribution in [0.25, 0.3) is 10.9 Å². The van der Waals surface area contributed by atoms with Crippen molar-refractivity contribution in [3.8, 4) is 11.5 Å². The van der Waals surface area contributed by atoms with Crippen molar-refractivity contribution in [1.29, 1.82) is 0 Å². The molecule has 1 amide bonds. The van der Waals surface area contributed by atoms with E-state index in [2.05, 4.69) is 21.3 Å². The van der Waals surface area contributed by atoms with E-state index in [0.717, 1.165) is 42.0 Å². The quantitative estimate of drug-likeness (QED) is 0.545. The fourth-order valence-corrected chi connectivity index (χ4v) is 5.22. The van der Waals surface area contributed by atoms with Crippen LogP contribution in [0.2, 0.25) is 0 Å². The highest BCUT2D eigenvalue weighted by molar-refractivity contribution is 7.71. The van der Waals surface area contributed by atoms with Gasteiger partial charge in [0.2, 0.25) is 17.5 Å². The molecule has 180 valence electrons. The SMILES string of the molecule is O=C(CC[C@H]1Nc2c3ccccc3nc(=S)n2C1=O)N1CCN(Cc2ccc3c(c2)OCO3)CC1. The van der Waals surface area contributed by atoms with Crippen molar-refractivity contribution in [3.05, 3.63) is 52.8 Å². The number of fused-ring (bicyclic) bond motifs is 4. The van der Waals surface area contributed by atoms with Gasteiger partial charge in [-0.05, 0) is 48.5 Å². The van der Waals surface area contributed by atoms with E-state index in [-0.39, 0.29) is 23.4 Å². The number of amides is 1. The number of hydrogen-bond donors (Lipinski definition) is 1. The van der Waals surface area contributed by atoms with Gasteiger partial charge in [0.15, 0.2) is 11.5 Å². The van der Waals surface area contributed by atoms with E-state index in [0.29, 0.717) is 31.7 Å². The average molecular weight is 492 g/mol. The van der Waals surface area contributed by atoms with Crippen LogP contribution in [-0.2, 0) is 11.3 Å². The Labute approximate surface area is 207 Å². The summed E-state index contributed by atoms with van der Waals surface area (Å²) in [7, 11) is 0. The monoisotopic (exact) mass is 491 g/mol. The molecule has 35 heavy (non-hydrogen) atoms. The number of ether oxygens (including phenoxy) is 2. The van der Waals surface area contributed by atoms with Crippen LogP contribution in [0.1, 0.15) is 23.2 Å². The lowest BCUT2D eigenvalue weighted by molar-refractivity contribution is -0.133. The third kappa shape index (κ3) is 4.12. The minimum absolute atomic E-state index is 0.0739. The van der Waals surface area contributed by atoms with Crippen LogP contribution >= 0.6 is 12.2 Å². The number of carbonyl (C=O) groups excluding carboxylic acids is 2. The van der Waals surface area contributed by atoms with Crippen LogP contribution in [0.15, 0.2) is 42.5 Å². The number of nitrogens with zero attached hydrogens (tertiary/aromatic N) is 4. The normalized spacial score (nSPS) is 19.1. The number of carbonyl (C=O) groups is 2. The molecule has 9 nitrogen and oxygen atoms in total. The Bertz CT molecular complexity index is 1380. The second-order valence-corrected chi connectivity index (χ2v) is 9.38. The number of piperazine rings is 1. The average Bonchev–Trinajstić information content (AvgIpc) is 3.47. The molecule has 6 rings (SSSR count). The zero-order valence-electron chi connectivity index (χ0n) is 19.1. The molecule has 3 aromatic rings. The van der Waals surface area contributed by atoms with Crippen LogP contribution < -0.4 is 14.8 Å². The van der Waals surface area contributed by atoms with Gasteiger partial charge in [0.05, 0.1) is 5.52 Å².